The fraction of sp³-hybridized carbons (Fsp3) is 0.0714. The number of nitrogens with one attached hydrogen (secondary N) is 1. The summed E-state index contributed by atoms with van der Waals surface area (Å²) < 4.78 is 0. The Balaban J connectivity index is 1.94. The van der Waals surface area contributed by atoms with Crippen molar-refractivity contribution in [1.82, 2.24) is 5.32 Å². The normalized spacial score (nSPS) is 17.1. The second-order valence-electron chi connectivity index (χ2n) is 4.04. The lowest BCUT2D eigenvalue weighted by Crippen LogP contribution is -2.15. The number of hydrogen-bond donors (Lipinski definition) is 1. The number of carbonyl (C=O) groups is 1. The van der Waals surface area contributed by atoms with E-state index in [0.717, 1.165) is 21.0 Å². The molecule has 1 aliphatic rings. The SMILES string of the molecule is Cc1ccc(C2=CC(=Cc3cccs3)C(=O)N2)s1. The number of carbonyl (C=O) groups excluding carboxylic acids is 1. The van der Waals surface area contributed by atoms with Gasteiger partial charge in [-0.2, -0.15) is 0 Å². The average Bonchev–Trinajstić information content (AvgIpc) is 3.03. The zero-order valence-electron chi connectivity index (χ0n) is 9.77. The Morgan fingerprint density at radius 3 is 2.83 bits per heavy atom. The molecule has 0 bridgehead atoms. The third-order valence-electron chi connectivity index (χ3n) is 2.66. The summed E-state index contributed by atoms with van der Waals surface area (Å²) in [5, 5.41) is 4.92. The van der Waals surface area contributed by atoms with Crippen molar-refractivity contribution in [3.05, 3.63) is 55.9 Å². The molecule has 1 N–H and O–H groups in total. The summed E-state index contributed by atoms with van der Waals surface area (Å²) in [7, 11) is 0. The Morgan fingerprint density at radius 2 is 2.17 bits per heavy atom. The van der Waals surface area contributed by atoms with Crippen LogP contribution in [0.15, 0.2) is 41.3 Å². The van der Waals surface area contributed by atoms with Gasteiger partial charge in [-0.15, -0.1) is 22.7 Å². The second kappa shape index (κ2) is 4.55. The van der Waals surface area contributed by atoms with Crippen LogP contribution in [0, 0.1) is 6.92 Å². The number of amides is 1. The van der Waals surface area contributed by atoms with Crippen molar-refractivity contribution < 1.29 is 4.79 Å². The first-order valence-corrected chi connectivity index (χ1v) is 7.27. The molecular formula is C14H11NOS2. The van der Waals surface area contributed by atoms with E-state index in [4.69, 9.17) is 0 Å². The molecule has 2 aromatic heterocycles. The Hall–Kier alpha value is -1.65. The van der Waals surface area contributed by atoms with Crippen molar-refractivity contribution in [1.29, 1.82) is 0 Å². The van der Waals surface area contributed by atoms with Crippen molar-refractivity contribution in [2.75, 3.05) is 0 Å². The van der Waals surface area contributed by atoms with Crippen LogP contribution >= 0.6 is 22.7 Å². The van der Waals surface area contributed by atoms with Crippen LogP contribution in [0.3, 0.4) is 0 Å². The highest BCUT2D eigenvalue weighted by Crippen LogP contribution is 2.27. The molecule has 0 spiro atoms. The van der Waals surface area contributed by atoms with Gasteiger partial charge in [-0.3, -0.25) is 4.79 Å². The van der Waals surface area contributed by atoms with E-state index in [1.165, 1.54) is 4.88 Å². The molecule has 1 aliphatic heterocycles. The van der Waals surface area contributed by atoms with Crippen LogP contribution in [0.4, 0.5) is 0 Å². The number of thiophene rings is 2. The molecule has 2 aromatic rings. The van der Waals surface area contributed by atoms with Crippen LogP contribution in [0.2, 0.25) is 0 Å². The van der Waals surface area contributed by atoms with Crippen LogP contribution in [-0.2, 0) is 4.79 Å². The van der Waals surface area contributed by atoms with Crippen molar-refractivity contribution in [3.63, 3.8) is 0 Å². The molecule has 0 radical (unpaired) electrons. The molecule has 0 aliphatic carbocycles. The maximum atomic E-state index is 11.9. The van der Waals surface area contributed by atoms with Gasteiger partial charge in [0, 0.05) is 15.3 Å². The molecule has 90 valence electrons. The van der Waals surface area contributed by atoms with Crippen LogP contribution in [-0.4, -0.2) is 5.91 Å². The zero-order valence-corrected chi connectivity index (χ0v) is 11.4. The quantitative estimate of drug-likeness (QED) is 0.831. The van der Waals surface area contributed by atoms with E-state index in [2.05, 4.69) is 18.3 Å². The van der Waals surface area contributed by atoms with Gasteiger partial charge in [0.2, 0.25) is 0 Å². The number of hydrogen-bond acceptors (Lipinski definition) is 3. The predicted octanol–water partition coefficient (Wildman–Crippen LogP) is 3.67. The van der Waals surface area contributed by atoms with Gasteiger partial charge in [-0.25, -0.2) is 0 Å². The summed E-state index contributed by atoms with van der Waals surface area (Å²) in [4.78, 5) is 15.3. The molecule has 4 heteroatoms. The van der Waals surface area contributed by atoms with Crippen LogP contribution < -0.4 is 5.32 Å². The van der Waals surface area contributed by atoms with E-state index in [9.17, 15) is 4.79 Å². The molecule has 0 unspecified atom stereocenters. The summed E-state index contributed by atoms with van der Waals surface area (Å²) in [6.07, 6.45) is 3.85. The summed E-state index contributed by atoms with van der Waals surface area (Å²) >= 11 is 3.32. The van der Waals surface area contributed by atoms with Gasteiger partial charge >= 0.3 is 0 Å². The Bertz CT molecular complexity index is 647. The van der Waals surface area contributed by atoms with E-state index in [1.807, 2.05) is 35.7 Å². The molecular weight excluding hydrogens is 262 g/mol. The van der Waals surface area contributed by atoms with Gasteiger partial charge in [-0.1, -0.05) is 6.07 Å². The molecule has 3 heterocycles. The fourth-order valence-corrected chi connectivity index (χ4v) is 3.30. The highest BCUT2D eigenvalue weighted by Gasteiger charge is 2.19. The first kappa shape index (κ1) is 11.4. The number of aryl methyl sites for hydroxylation is 1. The van der Waals surface area contributed by atoms with E-state index >= 15 is 0 Å². The van der Waals surface area contributed by atoms with Crippen LogP contribution in [0.25, 0.3) is 11.8 Å². The molecule has 2 nitrogen and oxygen atoms in total. The minimum absolute atomic E-state index is 0.0237. The lowest BCUT2D eigenvalue weighted by molar-refractivity contribution is -0.115. The fourth-order valence-electron chi connectivity index (χ4n) is 1.80. The summed E-state index contributed by atoms with van der Waals surface area (Å²) in [5.41, 5.74) is 1.62. The maximum Gasteiger partial charge on any atom is 0.255 e. The zero-order chi connectivity index (χ0) is 12.5. The van der Waals surface area contributed by atoms with Gasteiger partial charge in [0.25, 0.3) is 5.91 Å². The monoisotopic (exact) mass is 273 g/mol. The molecule has 1 amide bonds. The summed E-state index contributed by atoms with van der Waals surface area (Å²) in [6.45, 7) is 2.06. The molecule has 0 fully saturated rings. The first-order chi connectivity index (χ1) is 8.72. The van der Waals surface area contributed by atoms with Gasteiger partial charge in [0.15, 0.2) is 0 Å². The maximum absolute atomic E-state index is 11.9. The second-order valence-corrected chi connectivity index (χ2v) is 6.30. The molecule has 0 saturated carbocycles. The summed E-state index contributed by atoms with van der Waals surface area (Å²) in [5.74, 6) is -0.0237. The lowest BCUT2D eigenvalue weighted by Gasteiger charge is -1.97. The molecule has 0 saturated heterocycles. The van der Waals surface area contributed by atoms with Gasteiger partial charge in [0.05, 0.1) is 10.6 Å². The predicted molar refractivity (Wildman–Crippen MR) is 77.5 cm³/mol. The van der Waals surface area contributed by atoms with Gasteiger partial charge in [0.1, 0.15) is 0 Å². The van der Waals surface area contributed by atoms with Gasteiger partial charge in [-0.05, 0) is 42.7 Å². The standard InChI is InChI=1S/C14H11NOS2/c1-9-4-5-13(18-9)12-8-10(14(16)15-12)7-11-3-2-6-17-11/h2-8H,1H3,(H,15,16). The van der Waals surface area contributed by atoms with Crippen molar-refractivity contribution >= 4 is 40.4 Å². The Kier molecular flexibility index (Phi) is 2.89. The van der Waals surface area contributed by atoms with Crippen molar-refractivity contribution in [2.24, 2.45) is 0 Å². The van der Waals surface area contributed by atoms with E-state index in [0.29, 0.717) is 0 Å². The smallest absolute Gasteiger partial charge is 0.255 e. The third-order valence-corrected chi connectivity index (χ3v) is 4.51. The highest BCUT2D eigenvalue weighted by molar-refractivity contribution is 7.13. The molecule has 18 heavy (non-hydrogen) atoms. The highest BCUT2D eigenvalue weighted by atomic mass is 32.1. The van der Waals surface area contributed by atoms with E-state index in [-0.39, 0.29) is 5.91 Å². The Morgan fingerprint density at radius 1 is 1.28 bits per heavy atom. The van der Waals surface area contributed by atoms with E-state index < -0.39 is 0 Å². The largest absolute Gasteiger partial charge is 0.321 e. The molecule has 0 atom stereocenters. The van der Waals surface area contributed by atoms with Crippen molar-refractivity contribution in [3.8, 4) is 0 Å². The first-order valence-electron chi connectivity index (χ1n) is 5.57. The van der Waals surface area contributed by atoms with Crippen molar-refractivity contribution in [2.45, 2.75) is 6.92 Å². The van der Waals surface area contributed by atoms with E-state index in [1.54, 1.807) is 22.7 Å². The van der Waals surface area contributed by atoms with Crippen LogP contribution in [0.5, 0.6) is 0 Å². The van der Waals surface area contributed by atoms with Crippen LogP contribution in [0.1, 0.15) is 14.6 Å². The minimum Gasteiger partial charge on any atom is -0.321 e. The Labute approximate surface area is 113 Å². The summed E-state index contributed by atoms with van der Waals surface area (Å²) in [6, 6.07) is 8.09. The lowest BCUT2D eigenvalue weighted by atomic mass is 10.2. The average molecular weight is 273 g/mol. The third kappa shape index (κ3) is 2.17. The van der Waals surface area contributed by atoms with Gasteiger partial charge < -0.3 is 5.32 Å². The molecule has 0 aromatic carbocycles. The minimum atomic E-state index is -0.0237. The number of rotatable bonds is 2. The topological polar surface area (TPSA) is 29.1 Å². The molecule has 3 rings (SSSR count).